The van der Waals surface area contributed by atoms with Crippen LogP contribution in [0.1, 0.15) is 10.4 Å². The molecule has 158 valence electrons. The predicted molar refractivity (Wildman–Crippen MR) is 129 cm³/mol. The molecule has 1 N–H and O–H groups in total. The number of hydrogen-bond donors (Lipinski definition) is 1. The monoisotopic (exact) mass is 429 g/mol. The van der Waals surface area contributed by atoms with Gasteiger partial charge in [0.2, 0.25) is 11.4 Å². The van der Waals surface area contributed by atoms with Crippen LogP contribution in [0.2, 0.25) is 0 Å². The first-order chi connectivity index (χ1) is 16.3. The molecule has 0 atom stereocenters. The van der Waals surface area contributed by atoms with Crippen molar-refractivity contribution in [1.82, 2.24) is 0 Å². The van der Waals surface area contributed by atoms with E-state index in [1.165, 1.54) is 0 Å². The number of carbonyl (C=O) groups excluding carboxylic acids is 1. The summed E-state index contributed by atoms with van der Waals surface area (Å²) >= 11 is 0. The molecule has 1 amide bonds. The molecule has 0 saturated carbocycles. The molecule has 0 saturated heterocycles. The van der Waals surface area contributed by atoms with E-state index in [0.717, 1.165) is 28.2 Å². The fourth-order valence-corrected chi connectivity index (χ4v) is 3.71. The lowest BCUT2D eigenvalue weighted by Crippen LogP contribution is -2.30. The Morgan fingerprint density at radius 2 is 1.06 bits per heavy atom. The molecule has 0 unspecified atom stereocenters. The summed E-state index contributed by atoms with van der Waals surface area (Å²) in [6, 6.07) is 35.7. The first-order valence-corrected chi connectivity index (χ1v) is 10.8. The highest BCUT2D eigenvalue weighted by molar-refractivity contribution is 6.04. The summed E-state index contributed by atoms with van der Waals surface area (Å²) in [5.74, 6) is -0.128. The first kappa shape index (κ1) is 20.3. The van der Waals surface area contributed by atoms with Crippen LogP contribution in [-0.4, -0.2) is 5.91 Å². The van der Waals surface area contributed by atoms with Gasteiger partial charge < -0.3 is 5.32 Å². The lowest BCUT2D eigenvalue weighted by molar-refractivity contribution is -0.596. The average Bonchev–Trinajstić information content (AvgIpc) is 2.90. The van der Waals surface area contributed by atoms with Crippen molar-refractivity contribution in [3.8, 4) is 22.5 Å². The second-order valence-corrected chi connectivity index (χ2v) is 7.69. The van der Waals surface area contributed by atoms with Gasteiger partial charge in [-0.1, -0.05) is 42.5 Å². The topological polar surface area (TPSA) is 36.9 Å². The van der Waals surface area contributed by atoms with Gasteiger partial charge in [0.15, 0.2) is 24.8 Å². The third kappa shape index (κ3) is 4.70. The maximum absolute atomic E-state index is 12.6. The lowest BCUT2D eigenvalue weighted by Gasteiger charge is -2.05. The third-order valence-electron chi connectivity index (χ3n) is 5.48. The van der Waals surface area contributed by atoms with Gasteiger partial charge in [-0.25, -0.2) is 0 Å². The molecule has 5 rings (SSSR count). The van der Waals surface area contributed by atoms with Gasteiger partial charge in [-0.2, -0.15) is 9.13 Å². The van der Waals surface area contributed by atoms with Crippen molar-refractivity contribution in [3.63, 3.8) is 0 Å². The van der Waals surface area contributed by atoms with Crippen molar-refractivity contribution in [1.29, 1.82) is 0 Å². The highest BCUT2D eigenvalue weighted by atomic mass is 16.1. The maximum Gasteiger partial charge on any atom is 0.255 e. The molecule has 0 bridgehead atoms. The summed E-state index contributed by atoms with van der Waals surface area (Å²) < 4.78 is 4.11. The fraction of sp³-hybridized carbons (Fsp3) is 0. The van der Waals surface area contributed by atoms with Crippen molar-refractivity contribution in [2.24, 2.45) is 0 Å². The second-order valence-electron chi connectivity index (χ2n) is 7.69. The molecule has 33 heavy (non-hydrogen) atoms. The smallest absolute Gasteiger partial charge is 0.255 e. The fourth-order valence-electron chi connectivity index (χ4n) is 3.71. The van der Waals surface area contributed by atoms with Crippen molar-refractivity contribution < 1.29 is 13.9 Å². The Labute approximate surface area is 193 Å². The third-order valence-corrected chi connectivity index (χ3v) is 5.48. The van der Waals surface area contributed by atoms with E-state index in [9.17, 15) is 4.79 Å². The van der Waals surface area contributed by atoms with E-state index in [2.05, 4.69) is 58.7 Å². The molecule has 2 aromatic heterocycles. The van der Waals surface area contributed by atoms with Gasteiger partial charge in [-0.15, -0.1) is 0 Å². The SMILES string of the molecule is O=C(Nc1ccccc1)c1cccc(-[n+]2ccc(-c3cc[n+](-c4ccccc4)cc3)cc2)c1. The number of carbonyl (C=O) groups is 1. The number of nitrogens with one attached hydrogen (secondary N) is 1. The van der Waals surface area contributed by atoms with Crippen molar-refractivity contribution in [2.75, 3.05) is 5.32 Å². The van der Waals surface area contributed by atoms with E-state index in [0.29, 0.717) is 5.56 Å². The molecule has 4 heteroatoms. The van der Waals surface area contributed by atoms with Gasteiger partial charge >= 0.3 is 0 Å². The van der Waals surface area contributed by atoms with E-state index in [1.807, 2.05) is 89.8 Å². The Kier molecular flexibility index (Phi) is 5.72. The largest absolute Gasteiger partial charge is 0.322 e. The van der Waals surface area contributed by atoms with Crippen LogP contribution in [0.25, 0.3) is 22.5 Å². The van der Waals surface area contributed by atoms with Crippen LogP contribution in [0.5, 0.6) is 0 Å². The van der Waals surface area contributed by atoms with E-state index in [1.54, 1.807) is 0 Å². The minimum atomic E-state index is -0.128. The van der Waals surface area contributed by atoms with E-state index in [-0.39, 0.29) is 5.91 Å². The van der Waals surface area contributed by atoms with Crippen LogP contribution < -0.4 is 14.5 Å². The first-order valence-electron chi connectivity index (χ1n) is 10.8. The van der Waals surface area contributed by atoms with Crippen molar-refractivity contribution >= 4 is 11.6 Å². The van der Waals surface area contributed by atoms with Gasteiger partial charge in [0, 0.05) is 59.8 Å². The molecule has 0 aliphatic rings. The van der Waals surface area contributed by atoms with Crippen LogP contribution >= 0.6 is 0 Å². The van der Waals surface area contributed by atoms with Gasteiger partial charge in [0.05, 0.1) is 0 Å². The quantitative estimate of drug-likeness (QED) is 0.385. The summed E-state index contributed by atoms with van der Waals surface area (Å²) in [5, 5.41) is 2.93. The van der Waals surface area contributed by atoms with Gasteiger partial charge in [-0.3, -0.25) is 4.79 Å². The summed E-state index contributed by atoms with van der Waals surface area (Å²) in [4.78, 5) is 12.6. The highest BCUT2D eigenvalue weighted by Gasteiger charge is 2.12. The molecule has 0 aliphatic heterocycles. The Hall–Kier alpha value is -4.57. The van der Waals surface area contributed by atoms with Crippen LogP contribution in [0, 0.1) is 0 Å². The molecule has 3 aromatic carbocycles. The zero-order valence-electron chi connectivity index (χ0n) is 18.0. The van der Waals surface area contributed by atoms with Gasteiger partial charge in [0.1, 0.15) is 0 Å². The van der Waals surface area contributed by atoms with Crippen LogP contribution in [0.15, 0.2) is 134 Å². The maximum atomic E-state index is 12.6. The minimum Gasteiger partial charge on any atom is -0.322 e. The zero-order chi connectivity index (χ0) is 22.5. The van der Waals surface area contributed by atoms with Crippen molar-refractivity contribution in [3.05, 3.63) is 140 Å². The van der Waals surface area contributed by atoms with Gasteiger partial charge in [0.25, 0.3) is 5.91 Å². The number of rotatable bonds is 5. The summed E-state index contributed by atoms with van der Waals surface area (Å²) in [5.41, 5.74) is 5.72. The highest BCUT2D eigenvalue weighted by Crippen LogP contribution is 2.17. The van der Waals surface area contributed by atoms with Crippen LogP contribution in [0.4, 0.5) is 5.69 Å². The second kappa shape index (κ2) is 9.28. The molecule has 4 nitrogen and oxygen atoms in total. The number of para-hydroxylation sites is 2. The van der Waals surface area contributed by atoms with E-state index < -0.39 is 0 Å². The predicted octanol–water partition coefficient (Wildman–Crippen LogP) is 5.16. The normalized spacial score (nSPS) is 10.5. The standard InChI is InChI=1S/C29H22N3O/c33-29(30-26-9-3-1-4-10-26)25-8-7-13-28(22-25)32-20-16-24(17-21-32)23-14-18-31(19-15-23)27-11-5-2-6-12-27/h1-22H/q+1/p+1. The van der Waals surface area contributed by atoms with Crippen molar-refractivity contribution in [2.45, 2.75) is 0 Å². The summed E-state index contributed by atoms with van der Waals surface area (Å²) in [6.45, 7) is 0. The summed E-state index contributed by atoms with van der Waals surface area (Å²) in [6.07, 6.45) is 8.17. The van der Waals surface area contributed by atoms with E-state index >= 15 is 0 Å². The molecule has 0 fully saturated rings. The lowest BCUT2D eigenvalue weighted by atomic mass is 10.1. The average molecular weight is 430 g/mol. The Morgan fingerprint density at radius 1 is 0.545 bits per heavy atom. The molecule has 5 aromatic rings. The number of nitrogens with zero attached hydrogens (tertiary/aromatic N) is 2. The minimum absolute atomic E-state index is 0.128. The Balaban J connectivity index is 1.33. The molecular formula is C29H23N3O+2. The number of anilines is 1. The number of amides is 1. The number of pyridine rings is 2. The van der Waals surface area contributed by atoms with Crippen LogP contribution in [0.3, 0.4) is 0 Å². The number of benzene rings is 3. The van der Waals surface area contributed by atoms with Gasteiger partial charge in [-0.05, 0) is 29.3 Å². The Morgan fingerprint density at radius 3 is 1.67 bits per heavy atom. The number of hydrogen-bond acceptors (Lipinski definition) is 1. The molecule has 0 spiro atoms. The van der Waals surface area contributed by atoms with Crippen LogP contribution in [-0.2, 0) is 0 Å². The number of aromatic nitrogens is 2. The molecule has 2 heterocycles. The Bertz CT molecular complexity index is 1360. The molecule has 0 aliphatic carbocycles. The summed E-state index contributed by atoms with van der Waals surface area (Å²) in [7, 11) is 0. The molecular weight excluding hydrogens is 406 g/mol. The zero-order valence-corrected chi connectivity index (χ0v) is 18.0. The van der Waals surface area contributed by atoms with E-state index in [4.69, 9.17) is 0 Å². The molecule has 0 radical (unpaired) electrons.